The molecule has 0 aliphatic rings. The van der Waals surface area contributed by atoms with Crippen LogP contribution in [0.2, 0.25) is 0 Å². The zero-order valence-corrected chi connectivity index (χ0v) is 12.3. The summed E-state index contributed by atoms with van der Waals surface area (Å²) in [6, 6.07) is 5.33. The van der Waals surface area contributed by atoms with Gasteiger partial charge >= 0.3 is 5.82 Å². The molecule has 1 heterocycles. The van der Waals surface area contributed by atoms with Crippen molar-refractivity contribution in [1.82, 2.24) is 9.78 Å². The molecular weight excluding hydrogens is 306 g/mol. The average Bonchev–Trinajstić information content (AvgIpc) is 2.82. The molecule has 0 aliphatic carbocycles. The number of nitrogens with zero attached hydrogens (tertiary/aromatic N) is 4. The number of aryl methyl sites for hydroxylation is 2. The van der Waals surface area contributed by atoms with Crippen molar-refractivity contribution in [3.8, 4) is 0 Å². The molecule has 2 rings (SSSR count). The highest BCUT2D eigenvalue weighted by molar-refractivity contribution is 5.91. The Morgan fingerprint density at radius 2 is 1.91 bits per heavy atom. The molecule has 120 valence electrons. The fraction of sp³-hybridized carbons (Fsp3) is 0.231. The molecule has 0 radical (unpaired) electrons. The van der Waals surface area contributed by atoms with E-state index in [0.29, 0.717) is 16.9 Å². The number of nitro groups is 2. The van der Waals surface area contributed by atoms with Crippen LogP contribution in [0.1, 0.15) is 11.3 Å². The molecule has 0 saturated heterocycles. The summed E-state index contributed by atoms with van der Waals surface area (Å²) >= 11 is 0. The third kappa shape index (κ3) is 3.67. The lowest BCUT2D eigenvalue weighted by molar-refractivity contribution is -0.389. The molecule has 0 unspecified atom stereocenters. The zero-order valence-electron chi connectivity index (χ0n) is 12.3. The predicted octanol–water partition coefficient (Wildman–Crippen LogP) is 1.96. The number of nitro benzene ring substituents is 1. The van der Waals surface area contributed by atoms with Crippen LogP contribution in [0.5, 0.6) is 0 Å². The van der Waals surface area contributed by atoms with E-state index < -0.39 is 15.8 Å². The minimum absolute atomic E-state index is 0.0703. The van der Waals surface area contributed by atoms with Crippen molar-refractivity contribution in [2.75, 3.05) is 5.32 Å². The lowest BCUT2D eigenvalue weighted by Gasteiger charge is -2.07. The number of non-ortho nitro benzene ring substituents is 1. The Morgan fingerprint density at radius 1 is 1.22 bits per heavy atom. The summed E-state index contributed by atoms with van der Waals surface area (Å²) in [6.45, 7) is 3.03. The first-order valence-electron chi connectivity index (χ1n) is 6.51. The molecule has 2 aromatic rings. The second-order valence-corrected chi connectivity index (χ2v) is 4.86. The van der Waals surface area contributed by atoms with E-state index in [9.17, 15) is 25.0 Å². The van der Waals surface area contributed by atoms with Crippen LogP contribution in [-0.4, -0.2) is 25.5 Å². The Morgan fingerprint density at radius 3 is 2.43 bits per heavy atom. The number of carbonyl (C=O) groups is 1. The topological polar surface area (TPSA) is 133 Å². The summed E-state index contributed by atoms with van der Waals surface area (Å²) in [7, 11) is 0. The van der Waals surface area contributed by atoms with E-state index in [-0.39, 0.29) is 18.1 Å². The predicted molar refractivity (Wildman–Crippen MR) is 80.1 cm³/mol. The van der Waals surface area contributed by atoms with E-state index in [4.69, 9.17) is 0 Å². The number of anilines is 1. The highest BCUT2D eigenvalue weighted by Crippen LogP contribution is 2.21. The third-order valence-electron chi connectivity index (χ3n) is 3.14. The van der Waals surface area contributed by atoms with Gasteiger partial charge < -0.3 is 15.4 Å². The number of hydrogen-bond acceptors (Lipinski definition) is 6. The first-order chi connectivity index (χ1) is 10.8. The van der Waals surface area contributed by atoms with Crippen LogP contribution >= 0.6 is 0 Å². The Balaban J connectivity index is 2.11. The summed E-state index contributed by atoms with van der Waals surface area (Å²) in [5.41, 5.74) is 1.38. The number of amides is 1. The van der Waals surface area contributed by atoms with Crippen LogP contribution in [0.15, 0.2) is 24.3 Å². The van der Waals surface area contributed by atoms with Crippen molar-refractivity contribution in [2.24, 2.45) is 0 Å². The molecule has 0 spiro atoms. The van der Waals surface area contributed by atoms with Crippen molar-refractivity contribution in [3.05, 3.63) is 55.8 Å². The molecule has 0 saturated carbocycles. The van der Waals surface area contributed by atoms with Crippen LogP contribution in [0.25, 0.3) is 0 Å². The van der Waals surface area contributed by atoms with Gasteiger partial charge in [0.2, 0.25) is 5.91 Å². The number of aromatic nitrogens is 2. The van der Waals surface area contributed by atoms with Crippen LogP contribution in [0.3, 0.4) is 0 Å². The van der Waals surface area contributed by atoms with E-state index in [1.54, 1.807) is 13.8 Å². The number of benzene rings is 1. The SMILES string of the molecule is Cc1cc([N+](=O)[O-])ccc1NC(=O)Cn1nc([N+](=O)[O-])cc1C. The molecule has 0 aliphatic heterocycles. The number of rotatable bonds is 5. The Hall–Kier alpha value is -3.30. The zero-order chi connectivity index (χ0) is 17.1. The highest BCUT2D eigenvalue weighted by atomic mass is 16.6. The van der Waals surface area contributed by atoms with Crippen molar-refractivity contribution in [2.45, 2.75) is 20.4 Å². The monoisotopic (exact) mass is 319 g/mol. The Bertz CT molecular complexity index is 798. The van der Waals surface area contributed by atoms with Crippen molar-refractivity contribution < 1.29 is 14.6 Å². The number of carbonyl (C=O) groups excluding carboxylic acids is 1. The van der Waals surface area contributed by atoms with E-state index in [2.05, 4.69) is 10.4 Å². The second kappa shape index (κ2) is 6.22. The summed E-state index contributed by atoms with van der Waals surface area (Å²) in [4.78, 5) is 32.2. The van der Waals surface area contributed by atoms with Gasteiger partial charge in [-0.3, -0.25) is 14.9 Å². The fourth-order valence-corrected chi connectivity index (χ4v) is 1.97. The van der Waals surface area contributed by atoms with Crippen LogP contribution < -0.4 is 5.32 Å². The van der Waals surface area contributed by atoms with Crippen molar-refractivity contribution in [1.29, 1.82) is 0 Å². The maximum absolute atomic E-state index is 12.0. The molecule has 0 fully saturated rings. The molecule has 1 amide bonds. The summed E-state index contributed by atoms with van der Waals surface area (Å²) < 4.78 is 1.22. The molecular formula is C13H13N5O5. The van der Waals surface area contributed by atoms with Crippen molar-refractivity contribution in [3.63, 3.8) is 0 Å². The summed E-state index contributed by atoms with van der Waals surface area (Å²) in [5.74, 6) is -0.773. The molecule has 0 bridgehead atoms. The van der Waals surface area contributed by atoms with E-state index in [1.165, 1.54) is 28.9 Å². The van der Waals surface area contributed by atoms with Gasteiger partial charge in [-0.1, -0.05) is 0 Å². The Labute approximate surface area is 130 Å². The smallest absolute Gasteiger partial charge is 0.358 e. The van der Waals surface area contributed by atoms with Crippen LogP contribution in [0.4, 0.5) is 17.2 Å². The van der Waals surface area contributed by atoms with Gasteiger partial charge in [0, 0.05) is 17.8 Å². The first kappa shape index (κ1) is 16.1. The van der Waals surface area contributed by atoms with Gasteiger partial charge in [0.15, 0.2) is 0 Å². The lowest BCUT2D eigenvalue weighted by atomic mass is 10.2. The minimum atomic E-state index is -0.637. The fourth-order valence-electron chi connectivity index (χ4n) is 1.97. The van der Waals surface area contributed by atoms with Gasteiger partial charge in [0.05, 0.1) is 21.8 Å². The number of hydrogen-bond donors (Lipinski definition) is 1. The van der Waals surface area contributed by atoms with Gasteiger partial charge in [0.1, 0.15) is 6.54 Å². The van der Waals surface area contributed by atoms with E-state index >= 15 is 0 Å². The van der Waals surface area contributed by atoms with E-state index in [0.717, 1.165) is 0 Å². The Kier molecular flexibility index (Phi) is 4.35. The van der Waals surface area contributed by atoms with Crippen molar-refractivity contribution >= 4 is 23.1 Å². The van der Waals surface area contributed by atoms with Gasteiger partial charge in [0.25, 0.3) is 5.69 Å². The minimum Gasteiger partial charge on any atom is -0.358 e. The highest BCUT2D eigenvalue weighted by Gasteiger charge is 2.18. The molecule has 1 aromatic carbocycles. The third-order valence-corrected chi connectivity index (χ3v) is 3.14. The van der Waals surface area contributed by atoms with Crippen LogP contribution in [-0.2, 0) is 11.3 Å². The molecule has 23 heavy (non-hydrogen) atoms. The maximum Gasteiger partial charge on any atom is 0.390 e. The van der Waals surface area contributed by atoms with Crippen LogP contribution in [0, 0.1) is 34.1 Å². The standard InChI is InChI=1S/C13H13N5O5/c1-8-5-10(17(20)21)3-4-11(8)14-13(19)7-16-9(2)6-12(15-16)18(22)23/h3-6H,7H2,1-2H3,(H,14,19). The van der Waals surface area contributed by atoms with Gasteiger partial charge in [-0.05, 0) is 30.4 Å². The quantitative estimate of drug-likeness (QED) is 0.661. The molecule has 1 N–H and O–H groups in total. The molecule has 10 heteroatoms. The second-order valence-electron chi connectivity index (χ2n) is 4.86. The van der Waals surface area contributed by atoms with E-state index in [1.807, 2.05) is 0 Å². The van der Waals surface area contributed by atoms with Gasteiger partial charge in [-0.2, -0.15) is 4.68 Å². The summed E-state index contributed by atoms with van der Waals surface area (Å²) in [6.07, 6.45) is 0. The molecule has 10 nitrogen and oxygen atoms in total. The van der Waals surface area contributed by atoms with Gasteiger partial charge in [-0.15, -0.1) is 0 Å². The molecule has 1 aromatic heterocycles. The molecule has 0 atom stereocenters. The normalized spacial score (nSPS) is 10.3. The largest absolute Gasteiger partial charge is 0.390 e. The first-order valence-corrected chi connectivity index (χ1v) is 6.51. The maximum atomic E-state index is 12.0. The average molecular weight is 319 g/mol. The summed E-state index contributed by atoms with van der Waals surface area (Å²) in [5, 5.41) is 27.6. The van der Waals surface area contributed by atoms with Gasteiger partial charge in [-0.25, -0.2) is 0 Å². The number of nitrogens with one attached hydrogen (secondary N) is 1. The lowest BCUT2D eigenvalue weighted by Crippen LogP contribution is -2.20.